The van der Waals surface area contributed by atoms with E-state index < -0.39 is 0 Å². The molecule has 0 radical (unpaired) electrons. The molecule has 0 bridgehead atoms. The molecule has 0 heterocycles. The van der Waals surface area contributed by atoms with Crippen LogP contribution in [-0.4, -0.2) is 5.91 Å². The van der Waals surface area contributed by atoms with Crippen molar-refractivity contribution in [2.24, 2.45) is 17.6 Å². The first-order valence-corrected chi connectivity index (χ1v) is 3.81. The van der Waals surface area contributed by atoms with Gasteiger partial charge < -0.3 is 5.73 Å². The van der Waals surface area contributed by atoms with E-state index in [1.165, 1.54) is 0 Å². The Labute approximate surface area is 66.8 Å². The highest BCUT2D eigenvalue weighted by Crippen LogP contribution is 2.21. The standard InChI is InChI=1S/C9H13NO/c1-6-3-4-8(9(10)11)5-7(6)2/h3-7H,1-2H3,(H2,10,11). The van der Waals surface area contributed by atoms with E-state index >= 15 is 0 Å². The van der Waals surface area contributed by atoms with Gasteiger partial charge in [-0.3, -0.25) is 4.79 Å². The van der Waals surface area contributed by atoms with E-state index in [0.29, 0.717) is 17.4 Å². The Hall–Kier alpha value is -1.05. The molecule has 0 aromatic heterocycles. The molecule has 60 valence electrons. The van der Waals surface area contributed by atoms with Gasteiger partial charge in [-0.2, -0.15) is 0 Å². The molecule has 2 unspecified atom stereocenters. The molecule has 1 rings (SSSR count). The predicted molar refractivity (Wildman–Crippen MR) is 44.7 cm³/mol. The van der Waals surface area contributed by atoms with Gasteiger partial charge in [0.1, 0.15) is 0 Å². The zero-order valence-corrected chi connectivity index (χ0v) is 6.87. The second-order valence-corrected chi connectivity index (χ2v) is 3.06. The molecule has 1 aliphatic carbocycles. The smallest absolute Gasteiger partial charge is 0.248 e. The van der Waals surface area contributed by atoms with Crippen LogP contribution in [0.1, 0.15) is 13.8 Å². The summed E-state index contributed by atoms with van der Waals surface area (Å²) in [6.45, 7) is 4.20. The average molecular weight is 151 g/mol. The molecule has 1 amide bonds. The summed E-state index contributed by atoms with van der Waals surface area (Å²) in [6, 6.07) is 0. The number of nitrogens with two attached hydrogens (primary N) is 1. The zero-order valence-electron chi connectivity index (χ0n) is 6.87. The van der Waals surface area contributed by atoms with E-state index in [0.717, 1.165) is 0 Å². The third-order valence-electron chi connectivity index (χ3n) is 2.14. The molecule has 0 saturated heterocycles. The first-order valence-electron chi connectivity index (χ1n) is 3.81. The molecule has 2 atom stereocenters. The van der Waals surface area contributed by atoms with Crippen LogP contribution in [0, 0.1) is 11.8 Å². The van der Waals surface area contributed by atoms with Crippen LogP contribution in [0.15, 0.2) is 23.8 Å². The average Bonchev–Trinajstić information content (AvgIpc) is 1.94. The lowest BCUT2D eigenvalue weighted by molar-refractivity contribution is -0.114. The summed E-state index contributed by atoms with van der Waals surface area (Å²) in [6.07, 6.45) is 5.74. The van der Waals surface area contributed by atoms with Crippen LogP contribution in [0.3, 0.4) is 0 Å². The van der Waals surface area contributed by atoms with Crippen molar-refractivity contribution >= 4 is 5.91 Å². The van der Waals surface area contributed by atoms with Gasteiger partial charge in [-0.1, -0.05) is 32.1 Å². The second kappa shape index (κ2) is 2.91. The number of carbonyl (C=O) groups is 1. The topological polar surface area (TPSA) is 43.1 Å². The van der Waals surface area contributed by atoms with Crippen LogP contribution in [-0.2, 0) is 4.79 Å². The maximum Gasteiger partial charge on any atom is 0.248 e. The zero-order chi connectivity index (χ0) is 8.43. The summed E-state index contributed by atoms with van der Waals surface area (Å²) in [5.41, 5.74) is 5.75. The highest BCUT2D eigenvalue weighted by Gasteiger charge is 2.13. The molecular weight excluding hydrogens is 138 g/mol. The molecule has 0 fully saturated rings. The van der Waals surface area contributed by atoms with Crippen molar-refractivity contribution in [1.82, 2.24) is 0 Å². The first kappa shape index (κ1) is 8.05. The molecule has 1 aliphatic rings. The first-order chi connectivity index (χ1) is 5.11. The second-order valence-electron chi connectivity index (χ2n) is 3.06. The largest absolute Gasteiger partial charge is 0.366 e. The van der Waals surface area contributed by atoms with Gasteiger partial charge in [0.05, 0.1) is 0 Å². The van der Waals surface area contributed by atoms with Crippen LogP contribution in [0.5, 0.6) is 0 Å². The predicted octanol–water partition coefficient (Wildman–Crippen LogP) is 1.24. The Morgan fingerprint density at radius 3 is 2.55 bits per heavy atom. The quantitative estimate of drug-likeness (QED) is 0.602. The Morgan fingerprint density at radius 1 is 1.45 bits per heavy atom. The molecule has 2 N–H and O–H groups in total. The fraction of sp³-hybridized carbons (Fsp3) is 0.444. The van der Waals surface area contributed by atoms with Crippen molar-refractivity contribution in [3.63, 3.8) is 0 Å². The number of amides is 1. The maximum absolute atomic E-state index is 10.7. The van der Waals surface area contributed by atoms with Crippen LogP contribution < -0.4 is 5.73 Å². The van der Waals surface area contributed by atoms with E-state index in [2.05, 4.69) is 13.8 Å². The van der Waals surface area contributed by atoms with Gasteiger partial charge in [-0.25, -0.2) is 0 Å². The van der Waals surface area contributed by atoms with Crippen molar-refractivity contribution in [2.75, 3.05) is 0 Å². The van der Waals surface area contributed by atoms with Gasteiger partial charge in [-0.05, 0) is 11.8 Å². The van der Waals surface area contributed by atoms with E-state index in [-0.39, 0.29) is 5.91 Å². The lowest BCUT2D eigenvalue weighted by Crippen LogP contribution is -2.17. The van der Waals surface area contributed by atoms with Gasteiger partial charge in [0.25, 0.3) is 0 Å². The number of primary amides is 1. The van der Waals surface area contributed by atoms with Gasteiger partial charge in [-0.15, -0.1) is 0 Å². The Kier molecular flexibility index (Phi) is 2.13. The third kappa shape index (κ3) is 1.70. The summed E-state index contributed by atoms with van der Waals surface area (Å²) in [4.78, 5) is 10.7. The summed E-state index contributed by atoms with van der Waals surface area (Å²) >= 11 is 0. The van der Waals surface area contributed by atoms with E-state index in [1.54, 1.807) is 6.08 Å². The van der Waals surface area contributed by atoms with Crippen LogP contribution in [0.25, 0.3) is 0 Å². The number of hydrogen-bond donors (Lipinski definition) is 1. The number of hydrogen-bond acceptors (Lipinski definition) is 1. The van der Waals surface area contributed by atoms with Crippen molar-refractivity contribution in [1.29, 1.82) is 0 Å². The summed E-state index contributed by atoms with van der Waals surface area (Å²) in [5.74, 6) is 0.598. The van der Waals surface area contributed by atoms with E-state index in [4.69, 9.17) is 5.73 Å². The van der Waals surface area contributed by atoms with Crippen LogP contribution >= 0.6 is 0 Å². The third-order valence-corrected chi connectivity index (χ3v) is 2.14. The molecule has 0 aromatic rings. The van der Waals surface area contributed by atoms with Crippen molar-refractivity contribution < 1.29 is 4.79 Å². The minimum atomic E-state index is -0.333. The number of carbonyl (C=O) groups excluding carboxylic acids is 1. The van der Waals surface area contributed by atoms with Crippen molar-refractivity contribution in [3.05, 3.63) is 23.8 Å². The molecule has 0 saturated carbocycles. The van der Waals surface area contributed by atoms with Crippen LogP contribution in [0.4, 0.5) is 0 Å². The van der Waals surface area contributed by atoms with Gasteiger partial charge in [0.15, 0.2) is 0 Å². The summed E-state index contributed by atoms with van der Waals surface area (Å²) in [7, 11) is 0. The fourth-order valence-corrected chi connectivity index (χ4v) is 1.09. The van der Waals surface area contributed by atoms with E-state index in [9.17, 15) is 4.79 Å². The Balaban J connectivity index is 2.80. The SMILES string of the molecule is CC1C=CC(C(N)=O)=CC1C. The minimum absolute atomic E-state index is 0.333. The normalized spacial score (nSPS) is 29.8. The lowest BCUT2D eigenvalue weighted by atomic mass is 9.88. The monoisotopic (exact) mass is 151 g/mol. The van der Waals surface area contributed by atoms with Crippen molar-refractivity contribution in [3.8, 4) is 0 Å². The fourth-order valence-electron chi connectivity index (χ4n) is 1.09. The van der Waals surface area contributed by atoms with Gasteiger partial charge >= 0.3 is 0 Å². The molecule has 0 aliphatic heterocycles. The maximum atomic E-state index is 10.7. The highest BCUT2D eigenvalue weighted by atomic mass is 16.1. The highest BCUT2D eigenvalue weighted by molar-refractivity contribution is 5.95. The van der Waals surface area contributed by atoms with Gasteiger partial charge in [0.2, 0.25) is 5.91 Å². The molecule has 2 heteroatoms. The number of allylic oxidation sites excluding steroid dienone is 2. The van der Waals surface area contributed by atoms with Gasteiger partial charge in [0, 0.05) is 5.57 Å². The van der Waals surface area contributed by atoms with Crippen molar-refractivity contribution in [2.45, 2.75) is 13.8 Å². The molecule has 2 nitrogen and oxygen atoms in total. The molecular formula is C9H13NO. The number of rotatable bonds is 1. The molecule has 11 heavy (non-hydrogen) atoms. The minimum Gasteiger partial charge on any atom is -0.366 e. The summed E-state index contributed by atoms with van der Waals surface area (Å²) in [5, 5.41) is 0. The summed E-state index contributed by atoms with van der Waals surface area (Å²) < 4.78 is 0. The lowest BCUT2D eigenvalue weighted by Gasteiger charge is -2.17. The molecule has 0 spiro atoms. The Bertz CT molecular complexity index is 228. The molecule has 0 aromatic carbocycles. The Morgan fingerprint density at radius 2 is 2.09 bits per heavy atom. The van der Waals surface area contributed by atoms with Crippen LogP contribution in [0.2, 0.25) is 0 Å². The van der Waals surface area contributed by atoms with E-state index in [1.807, 2.05) is 12.2 Å².